The van der Waals surface area contributed by atoms with Gasteiger partial charge >= 0.3 is 0 Å². The first-order valence-electron chi connectivity index (χ1n) is 6.87. The van der Waals surface area contributed by atoms with Gasteiger partial charge in [0, 0.05) is 22.7 Å². The molecule has 0 saturated heterocycles. The highest BCUT2D eigenvalue weighted by atomic mass is 79.9. The number of aliphatic hydroxyl groups excluding tert-OH is 1. The Morgan fingerprint density at radius 1 is 1.44 bits per heavy atom. The molecular weight excluding hydrogens is 290 g/mol. The van der Waals surface area contributed by atoms with E-state index in [2.05, 4.69) is 39.9 Å². The maximum atomic E-state index is 9.65. The molecule has 1 fully saturated rings. The number of hydrogen-bond acceptors (Lipinski definition) is 2. The summed E-state index contributed by atoms with van der Waals surface area (Å²) in [5.41, 5.74) is 2.24. The number of halogens is 1. The van der Waals surface area contributed by atoms with Gasteiger partial charge in [-0.1, -0.05) is 35.3 Å². The smallest absolute Gasteiger partial charge is 0.0772 e. The van der Waals surface area contributed by atoms with Crippen molar-refractivity contribution in [3.8, 4) is 0 Å². The molecule has 0 aliphatic heterocycles. The largest absolute Gasteiger partial charge is 0.389 e. The first-order chi connectivity index (χ1) is 8.63. The van der Waals surface area contributed by atoms with Gasteiger partial charge in [-0.3, -0.25) is 0 Å². The average molecular weight is 312 g/mol. The van der Waals surface area contributed by atoms with Crippen LogP contribution in [0.2, 0.25) is 0 Å². The van der Waals surface area contributed by atoms with Crippen molar-refractivity contribution in [2.75, 3.05) is 11.4 Å². The van der Waals surface area contributed by atoms with E-state index in [0.717, 1.165) is 22.6 Å². The lowest BCUT2D eigenvalue weighted by atomic mass is 10.1. The minimum Gasteiger partial charge on any atom is -0.389 e. The third kappa shape index (κ3) is 3.27. The molecule has 1 atom stereocenters. The van der Waals surface area contributed by atoms with E-state index in [9.17, 15) is 5.11 Å². The molecule has 0 bridgehead atoms. The van der Waals surface area contributed by atoms with Crippen LogP contribution in [-0.2, 0) is 0 Å². The summed E-state index contributed by atoms with van der Waals surface area (Å²) in [6.07, 6.45) is 4.69. The second kappa shape index (κ2) is 6.07. The zero-order chi connectivity index (χ0) is 13.1. The van der Waals surface area contributed by atoms with Crippen LogP contribution >= 0.6 is 15.9 Å². The highest BCUT2D eigenvalue weighted by Gasteiger charge is 2.29. The van der Waals surface area contributed by atoms with Crippen molar-refractivity contribution in [1.82, 2.24) is 0 Å². The lowest BCUT2D eigenvalue weighted by Crippen LogP contribution is -2.26. The van der Waals surface area contributed by atoms with E-state index in [-0.39, 0.29) is 0 Å². The van der Waals surface area contributed by atoms with Gasteiger partial charge in [-0.2, -0.15) is 0 Å². The number of nitrogens with zero attached hydrogens (tertiary/aromatic N) is 1. The lowest BCUT2D eigenvalue weighted by Gasteiger charge is -2.25. The molecule has 1 aliphatic rings. The SMILES string of the molecule is CCCCN(c1ccc([C@H](C)O)c(Br)c1)C1CC1. The Bertz CT molecular complexity index is 401. The van der Waals surface area contributed by atoms with Gasteiger partial charge in [0.25, 0.3) is 0 Å². The summed E-state index contributed by atoms with van der Waals surface area (Å²) in [5.74, 6) is 0. The number of rotatable bonds is 6. The fourth-order valence-corrected chi connectivity index (χ4v) is 2.97. The molecule has 1 aliphatic carbocycles. The van der Waals surface area contributed by atoms with Crippen molar-refractivity contribution in [3.05, 3.63) is 28.2 Å². The Morgan fingerprint density at radius 2 is 2.17 bits per heavy atom. The lowest BCUT2D eigenvalue weighted by molar-refractivity contribution is 0.198. The molecule has 0 heterocycles. The Hall–Kier alpha value is -0.540. The fraction of sp³-hybridized carbons (Fsp3) is 0.600. The highest BCUT2D eigenvalue weighted by molar-refractivity contribution is 9.10. The molecule has 0 radical (unpaired) electrons. The van der Waals surface area contributed by atoms with Crippen LogP contribution in [0.15, 0.2) is 22.7 Å². The standard InChI is InChI=1S/C15H22BrNO/c1-3-4-9-17(12-5-6-12)13-7-8-14(11(2)18)15(16)10-13/h7-8,10-12,18H,3-6,9H2,1-2H3/t11-/m0/s1. The van der Waals surface area contributed by atoms with Crippen LogP contribution in [0.3, 0.4) is 0 Å². The monoisotopic (exact) mass is 311 g/mol. The maximum Gasteiger partial charge on any atom is 0.0772 e. The van der Waals surface area contributed by atoms with E-state index in [1.165, 1.54) is 31.4 Å². The van der Waals surface area contributed by atoms with Gasteiger partial charge in [0.05, 0.1) is 6.10 Å². The zero-order valence-corrected chi connectivity index (χ0v) is 12.8. The van der Waals surface area contributed by atoms with E-state index in [1.54, 1.807) is 6.92 Å². The number of hydrogen-bond donors (Lipinski definition) is 1. The number of aliphatic hydroxyl groups is 1. The minimum atomic E-state index is -0.418. The summed E-state index contributed by atoms with van der Waals surface area (Å²) in [4.78, 5) is 2.51. The van der Waals surface area contributed by atoms with Crippen LogP contribution < -0.4 is 4.90 Å². The topological polar surface area (TPSA) is 23.5 Å². The number of benzene rings is 1. The molecule has 0 amide bonds. The number of anilines is 1. The van der Waals surface area contributed by atoms with E-state index < -0.39 is 6.10 Å². The Kier molecular flexibility index (Phi) is 4.68. The van der Waals surface area contributed by atoms with Crippen molar-refractivity contribution < 1.29 is 5.11 Å². The molecule has 1 N–H and O–H groups in total. The van der Waals surface area contributed by atoms with E-state index in [1.807, 2.05) is 6.07 Å². The summed E-state index contributed by atoms with van der Waals surface area (Å²) in [5, 5.41) is 9.65. The summed E-state index contributed by atoms with van der Waals surface area (Å²) >= 11 is 3.57. The minimum absolute atomic E-state index is 0.418. The Balaban J connectivity index is 2.17. The quantitative estimate of drug-likeness (QED) is 0.848. The molecule has 1 aromatic rings. The average Bonchev–Trinajstić information content (AvgIpc) is 3.13. The van der Waals surface area contributed by atoms with Gasteiger partial charge in [-0.25, -0.2) is 0 Å². The van der Waals surface area contributed by atoms with Crippen molar-refractivity contribution in [2.45, 2.75) is 51.7 Å². The molecule has 0 spiro atoms. The predicted octanol–water partition coefficient (Wildman–Crippen LogP) is 4.27. The molecule has 0 unspecified atom stereocenters. The van der Waals surface area contributed by atoms with Crippen molar-refractivity contribution in [3.63, 3.8) is 0 Å². The van der Waals surface area contributed by atoms with Crippen LogP contribution in [0.4, 0.5) is 5.69 Å². The van der Waals surface area contributed by atoms with Gasteiger partial charge in [0.2, 0.25) is 0 Å². The molecule has 1 aromatic carbocycles. The first kappa shape index (κ1) is 13.9. The van der Waals surface area contributed by atoms with Crippen LogP contribution in [0.5, 0.6) is 0 Å². The molecule has 2 rings (SSSR count). The van der Waals surface area contributed by atoms with Crippen LogP contribution in [-0.4, -0.2) is 17.7 Å². The van der Waals surface area contributed by atoms with E-state index >= 15 is 0 Å². The summed E-state index contributed by atoms with van der Waals surface area (Å²) in [6, 6.07) is 7.06. The highest BCUT2D eigenvalue weighted by Crippen LogP contribution is 2.35. The maximum absolute atomic E-state index is 9.65. The molecule has 1 saturated carbocycles. The normalized spacial score (nSPS) is 16.7. The van der Waals surface area contributed by atoms with E-state index in [0.29, 0.717) is 0 Å². The first-order valence-corrected chi connectivity index (χ1v) is 7.67. The van der Waals surface area contributed by atoms with Crippen molar-refractivity contribution >= 4 is 21.6 Å². The summed E-state index contributed by atoms with van der Waals surface area (Å²) in [7, 11) is 0. The second-order valence-corrected chi connectivity index (χ2v) is 6.01. The molecule has 2 nitrogen and oxygen atoms in total. The van der Waals surface area contributed by atoms with Gasteiger partial charge in [-0.15, -0.1) is 0 Å². The van der Waals surface area contributed by atoms with E-state index in [4.69, 9.17) is 0 Å². The molecule has 0 aromatic heterocycles. The Labute approximate surface area is 118 Å². The molecular formula is C15H22BrNO. The molecule has 3 heteroatoms. The van der Waals surface area contributed by atoms with Crippen molar-refractivity contribution in [2.24, 2.45) is 0 Å². The third-order valence-corrected chi connectivity index (χ3v) is 4.19. The summed E-state index contributed by atoms with van der Waals surface area (Å²) in [6.45, 7) is 5.18. The summed E-state index contributed by atoms with van der Waals surface area (Å²) < 4.78 is 1.01. The van der Waals surface area contributed by atoms with Gasteiger partial charge < -0.3 is 10.0 Å². The van der Waals surface area contributed by atoms with Gasteiger partial charge in [-0.05, 0) is 43.9 Å². The fourth-order valence-electron chi connectivity index (χ4n) is 2.27. The zero-order valence-electron chi connectivity index (χ0n) is 11.2. The van der Waals surface area contributed by atoms with Gasteiger partial charge in [0.1, 0.15) is 0 Å². The Morgan fingerprint density at radius 3 is 2.67 bits per heavy atom. The van der Waals surface area contributed by atoms with Gasteiger partial charge in [0.15, 0.2) is 0 Å². The molecule has 100 valence electrons. The van der Waals surface area contributed by atoms with Crippen LogP contribution in [0.25, 0.3) is 0 Å². The van der Waals surface area contributed by atoms with Crippen LogP contribution in [0, 0.1) is 0 Å². The molecule has 18 heavy (non-hydrogen) atoms. The number of unbranched alkanes of at least 4 members (excludes halogenated alkanes) is 1. The van der Waals surface area contributed by atoms with Crippen LogP contribution in [0.1, 0.15) is 51.2 Å². The second-order valence-electron chi connectivity index (χ2n) is 5.16. The predicted molar refractivity (Wildman–Crippen MR) is 80.1 cm³/mol. The third-order valence-electron chi connectivity index (χ3n) is 3.51. The van der Waals surface area contributed by atoms with Crippen molar-refractivity contribution in [1.29, 1.82) is 0 Å².